The summed E-state index contributed by atoms with van der Waals surface area (Å²) in [5.74, 6) is 1.70. The van der Waals surface area contributed by atoms with Gasteiger partial charge in [0.05, 0.1) is 5.97 Å². The molecule has 5 rings (SSSR count). The maximum atomic E-state index is 10.8. The van der Waals surface area contributed by atoms with E-state index in [4.69, 9.17) is 0 Å². The molecule has 0 radical (unpaired) electrons. The van der Waals surface area contributed by atoms with E-state index in [-0.39, 0.29) is 29.6 Å². The topological polar surface area (TPSA) is 40.1 Å². The Balaban J connectivity index is 0.00000121. The molecule has 0 amide bonds. The number of carbonyl (C=O) groups is 1. The van der Waals surface area contributed by atoms with E-state index >= 15 is 0 Å². The zero-order valence-corrected chi connectivity index (χ0v) is 14.1. The van der Waals surface area contributed by atoms with Crippen LogP contribution in [0.15, 0.2) is 24.3 Å². The molecule has 0 unspecified atom stereocenters. The average Bonchev–Trinajstić information content (AvgIpc) is 2.37. The first kappa shape index (κ1) is 14.6. The quantitative estimate of drug-likeness (QED) is 0.686. The van der Waals surface area contributed by atoms with Gasteiger partial charge < -0.3 is 9.90 Å². The maximum absolute atomic E-state index is 10.8. The van der Waals surface area contributed by atoms with E-state index in [1.165, 1.54) is 44.1 Å². The molecular weight excluding hydrogens is 259 g/mol. The van der Waals surface area contributed by atoms with E-state index < -0.39 is 5.97 Å². The second-order valence-corrected chi connectivity index (χ2v) is 7.06. The van der Waals surface area contributed by atoms with E-state index in [2.05, 4.69) is 0 Å². The number of aromatic carboxylic acids is 1. The molecule has 4 bridgehead atoms. The Hall–Kier alpha value is -0.310. The van der Waals surface area contributed by atoms with Gasteiger partial charge in [0.25, 0.3) is 0 Å². The number of carboxylic acids is 1. The summed E-state index contributed by atoms with van der Waals surface area (Å²) in [7, 11) is 0. The predicted molar refractivity (Wildman–Crippen MR) is 70.6 cm³/mol. The summed E-state index contributed by atoms with van der Waals surface area (Å²) >= 11 is 0. The van der Waals surface area contributed by atoms with Gasteiger partial charge in [-0.3, -0.25) is 0 Å². The molecule has 20 heavy (non-hydrogen) atoms. The van der Waals surface area contributed by atoms with Crippen molar-refractivity contribution in [1.82, 2.24) is 0 Å². The third-order valence-corrected chi connectivity index (χ3v) is 5.77. The van der Waals surface area contributed by atoms with Crippen LogP contribution in [0.5, 0.6) is 0 Å². The van der Waals surface area contributed by atoms with Gasteiger partial charge in [0.15, 0.2) is 0 Å². The first-order valence-corrected chi connectivity index (χ1v) is 7.46. The maximum Gasteiger partial charge on any atom is 1.00 e. The molecule has 0 N–H and O–H groups in total. The standard InChI is InChI=1S/C17H20O2.Na/c18-16(19)14-1-3-15(4-2-14)17-8-11-5-12(9-17)7-13(6-11)10-17;/h1-4,11-13H,5-10H2,(H,18,19);/q;+1/p-1. The van der Waals surface area contributed by atoms with Gasteiger partial charge in [-0.25, -0.2) is 0 Å². The van der Waals surface area contributed by atoms with Crippen molar-refractivity contribution in [2.45, 2.75) is 43.9 Å². The van der Waals surface area contributed by atoms with Crippen molar-refractivity contribution in [3.8, 4) is 0 Å². The van der Waals surface area contributed by atoms with Crippen molar-refractivity contribution in [3.63, 3.8) is 0 Å². The Kier molecular flexibility index (Phi) is 3.77. The van der Waals surface area contributed by atoms with Crippen LogP contribution in [-0.4, -0.2) is 5.97 Å². The van der Waals surface area contributed by atoms with Gasteiger partial charge in [-0.05, 0) is 72.8 Å². The molecule has 0 aromatic heterocycles. The molecule has 0 aliphatic heterocycles. The SMILES string of the molecule is O=C([O-])c1ccc(C23CC4CC(CC(C4)C2)C3)cc1.[Na+]. The zero-order valence-electron chi connectivity index (χ0n) is 12.1. The Labute approximate surface area is 142 Å². The van der Waals surface area contributed by atoms with Gasteiger partial charge in [-0.2, -0.15) is 0 Å². The normalized spacial score (nSPS) is 37.5. The smallest absolute Gasteiger partial charge is 0.545 e. The minimum atomic E-state index is -1.07. The van der Waals surface area contributed by atoms with Crippen molar-refractivity contribution in [1.29, 1.82) is 0 Å². The number of rotatable bonds is 2. The van der Waals surface area contributed by atoms with Crippen molar-refractivity contribution in [3.05, 3.63) is 35.4 Å². The largest absolute Gasteiger partial charge is 1.00 e. The van der Waals surface area contributed by atoms with E-state index in [1.807, 2.05) is 12.1 Å². The molecular formula is C17H19NaO2. The monoisotopic (exact) mass is 278 g/mol. The van der Waals surface area contributed by atoms with Crippen LogP contribution in [0, 0.1) is 17.8 Å². The molecule has 3 heteroatoms. The van der Waals surface area contributed by atoms with Crippen molar-refractivity contribution < 1.29 is 39.5 Å². The van der Waals surface area contributed by atoms with Crippen LogP contribution >= 0.6 is 0 Å². The van der Waals surface area contributed by atoms with Crippen LogP contribution in [0.25, 0.3) is 0 Å². The summed E-state index contributed by atoms with van der Waals surface area (Å²) < 4.78 is 0. The molecule has 0 spiro atoms. The van der Waals surface area contributed by atoms with E-state index in [0.29, 0.717) is 11.0 Å². The molecule has 100 valence electrons. The van der Waals surface area contributed by atoms with Gasteiger partial charge >= 0.3 is 29.6 Å². The van der Waals surface area contributed by atoms with Crippen LogP contribution in [0.1, 0.15) is 54.4 Å². The summed E-state index contributed by atoms with van der Waals surface area (Å²) in [5, 5.41) is 10.8. The predicted octanol–water partition coefficient (Wildman–Crippen LogP) is -0.478. The van der Waals surface area contributed by atoms with E-state index in [0.717, 1.165) is 17.8 Å². The Bertz CT molecular complexity index is 485. The van der Waals surface area contributed by atoms with Gasteiger partial charge in [0.2, 0.25) is 0 Å². The molecule has 0 saturated heterocycles. The Morgan fingerprint density at radius 2 is 1.40 bits per heavy atom. The number of carbonyl (C=O) groups excluding carboxylic acids is 1. The minimum Gasteiger partial charge on any atom is -0.545 e. The number of benzene rings is 1. The molecule has 0 heterocycles. The van der Waals surface area contributed by atoms with Gasteiger partial charge in [0, 0.05) is 0 Å². The third-order valence-electron chi connectivity index (χ3n) is 5.77. The van der Waals surface area contributed by atoms with Crippen molar-refractivity contribution >= 4 is 5.97 Å². The van der Waals surface area contributed by atoms with Crippen LogP contribution in [0.2, 0.25) is 0 Å². The summed E-state index contributed by atoms with van der Waals surface area (Å²) in [6.45, 7) is 0. The van der Waals surface area contributed by atoms with Crippen LogP contribution in [-0.2, 0) is 5.41 Å². The van der Waals surface area contributed by atoms with Crippen molar-refractivity contribution in [2.24, 2.45) is 17.8 Å². The molecule has 4 fully saturated rings. The molecule has 2 nitrogen and oxygen atoms in total. The summed E-state index contributed by atoms with van der Waals surface area (Å²) in [5.41, 5.74) is 2.03. The summed E-state index contributed by atoms with van der Waals surface area (Å²) in [6.07, 6.45) is 8.29. The summed E-state index contributed by atoms with van der Waals surface area (Å²) in [6, 6.07) is 7.53. The fraction of sp³-hybridized carbons (Fsp3) is 0.588. The fourth-order valence-electron chi connectivity index (χ4n) is 5.42. The van der Waals surface area contributed by atoms with E-state index in [1.54, 1.807) is 12.1 Å². The van der Waals surface area contributed by atoms with Crippen LogP contribution in [0.4, 0.5) is 0 Å². The number of hydrogen-bond donors (Lipinski definition) is 0. The minimum absolute atomic E-state index is 0. The molecule has 1 aromatic rings. The van der Waals surface area contributed by atoms with E-state index in [9.17, 15) is 9.90 Å². The van der Waals surface area contributed by atoms with Gasteiger partial charge in [0.1, 0.15) is 0 Å². The fourth-order valence-corrected chi connectivity index (χ4v) is 5.42. The van der Waals surface area contributed by atoms with Crippen LogP contribution < -0.4 is 34.7 Å². The third kappa shape index (κ3) is 2.26. The molecule has 4 saturated carbocycles. The molecule has 0 atom stereocenters. The second kappa shape index (κ2) is 5.15. The number of hydrogen-bond acceptors (Lipinski definition) is 2. The van der Waals surface area contributed by atoms with Crippen molar-refractivity contribution in [2.75, 3.05) is 0 Å². The first-order chi connectivity index (χ1) is 9.14. The number of carboxylic acid groups (broad SMARTS) is 1. The molecule has 1 aromatic carbocycles. The molecule has 4 aliphatic rings. The molecule has 4 aliphatic carbocycles. The summed E-state index contributed by atoms with van der Waals surface area (Å²) in [4.78, 5) is 10.8. The zero-order chi connectivity index (χ0) is 13.0. The average molecular weight is 278 g/mol. The van der Waals surface area contributed by atoms with Crippen LogP contribution in [0.3, 0.4) is 0 Å². The van der Waals surface area contributed by atoms with Gasteiger partial charge in [-0.1, -0.05) is 24.3 Å². The first-order valence-electron chi connectivity index (χ1n) is 7.46. The van der Waals surface area contributed by atoms with Gasteiger partial charge in [-0.15, -0.1) is 0 Å². The Morgan fingerprint density at radius 1 is 0.950 bits per heavy atom. The Morgan fingerprint density at radius 3 is 1.80 bits per heavy atom. The second-order valence-electron chi connectivity index (χ2n) is 7.06.